The average Bonchev–Trinajstić information content (AvgIpc) is 1.65. The Morgan fingerprint density at radius 3 is 2.14 bits per heavy atom. The van der Waals surface area contributed by atoms with Crippen molar-refractivity contribution in [1.29, 1.82) is 0 Å². The van der Waals surface area contributed by atoms with Crippen LogP contribution in [0, 0.1) is 0 Å². The highest BCUT2D eigenvalue weighted by atomic mass is 31.0. The summed E-state index contributed by atoms with van der Waals surface area (Å²) in [4.78, 5) is 0.451. The second-order valence-electron chi connectivity index (χ2n) is 0.725. The molecule has 5 nitrogen and oxygen atoms in total. The van der Waals surface area contributed by atoms with Crippen LogP contribution in [-0.4, -0.2) is 15.4 Å². The molecule has 7 heavy (non-hydrogen) atoms. The van der Waals surface area contributed by atoms with E-state index in [-0.39, 0.29) is 0 Å². The van der Waals surface area contributed by atoms with Crippen LogP contribution in [0.2, 0.25) is 0 Å². The van der Waals surface area contributed by atoms with Gasteiger partial charge in [-0.3, -0.25) is 5.21 Å². The molecular weight excluding hydrogens is 134 g/mol. The lowest BCUT2D eigenvalue weighted by atomic mass is 12.2. The van der Waals surface area contributed by atoms with Gasteiger partial charge in [-0.05, 0) is 9.39 Å². The van der Waals surface area contributed by atoms with E-state index in [4.69, 9.17) is 11.0 Å². The van der Waals surface area contributed by atoms with Crippen molar-refractivity contribution in [2.24, 2.45) is 0 Å². The van der Waals surface area contributed by atoms with Gasteiger partial charge < -0.3 is 16.3 Å². The number of nitrogens with one attached hydrogen (secondary N) is 1. The molecule has 0 spiro atoms. The topological polar surface area (TPSA) is 64.6 Å². The number of nitrogens with zero attached hydrogens (tertiary/aromatic N) is 3. The third kappa shape index (κ3) is 3.26. The molecule has 0 saturated heterocycles. The Morgan fingerprint density at radius 2 is 2.14 bits per heavy atom. The van der Waals surface area contributed by atoms with Gasteiger partial charge >= 0.3 is 0 Å². The molecule has 2 N–H and O–H groups in total. The number of hydrogen-bond donors (Lipinski definition) is 1. The van der Waals surface area contributed by atoms with Crippen LogP contribution in [0.5, 0.6) is 0 Å². The zero-order valence-corrected chi connectivity index (χ0v) is 5.75. The Hall–Kier alpha value is 0.660. The summed E-state index contributed by atoms with van der Waals surface area (Å²) < 4.78 is 0. The second-order valence-corrected chi connectivity index (χ2v) is 1.42. The van der Waals surface area contributed by atoms with E-state index < -0.39 is 0 Å². The SMILES string of the molecule is [NH-]N([N-]P)N(O)P. The second kappa shape index (κ2) is 3.64. The fourth-order valence-electron chi connectivity index (χ4n) is 0.0529. The van der Waals surface area contributed by atoms with Crippen LogP contribution in [0.15, 0.2) is 0 Å². The highest BCUT2D eigenvalue weighted by molar-refractivity contribution is 7.20. The van der Waals surface area contributed by atoms with Crippen LogP contribution in [0.3, 0.4) is 0 Å². The Kier molecular flexibility index (Phi) is 3.98. The summed E-state index contributed by atoms with van der Waals surface area (Å²) in [6.45, 7) is 0. The first-order valence-electron chi connectivity index (χ1n) is 1.34. The lowest BCUT2D eigenvalue weighted by Crippen LogP contribution is -2.18. The fourth-order valence-corrected chi connectivity index (χ4v) is 0.338. The Labute approximate surface area is 46.2 Å². The first-order chi connectivity index (χ1) is 3.18. The van der Waals surface area contributed by atoms with Gasteiger partial charge in [0.1, 0.15) is 0 Å². The molecule has 2 atom stereocenters. The molecule has 0 aliphatic carbocycles. The minimum atomic E-state index is 0.451. The van der Waals surface area contributed by atoms with E-state index in [0.717, 1.165) is 0 Å². The van der Waals surface area contributed by atoms with E-state index >= 15 is 0 Å². The zero-order valence-electron chi connectivity index (χ0n) is 3.44. The van der Waals surface area contributed by atoms with Gasteiger partial charge in [0.25, 0.3) is 0 Å². The van der Waals surface area contributed by atoms with Gasteiger partial charge in [-0.25, -0.2) is 9.39 Å². The maximum atomic E-state index is 8.25. The molecule has 0 aromatic carbocycles. The maximum Gasteiger partial charge on any atom is -0.0203 e. The lowest BCUT2D eigenvalue weighted by molar-refractivity contribution is -0.109. The molecule has 0 heterocycles. The molecule has 0 aromatic heterocycles. The van der Waals surface area contributed by atoms with Gasteiger partial charge in [-0.2, -0.15) is 0 Å². The third-order valence-electron chi connectivity index (χ3n) is 0.303. The monoisotopic (exact) mass is 140 g/mol. The highest BCUT2D eigenvalue weighted by Gasteiger charge is 1.75. The molecule has 0 radical (unpaired) electrons. The zero-order chi connectivity index (χ0) is 5.86. The van der Waals surface area contributed by atoms with Crippen molar-refractivity contribution in [2.75, 3.05) is 0 Å². The van der Waals surface area contributed by atoms with E-state index in [2.05, 4.69) is 5.20 Å². The molecule has 0 bridgehead atoms. The van der Waals surface area contributed by atoms with Crippen LogP contribution >= 0.6 is 18.8 Å². The van der Waals surface area contributed by atoms with Crippen LogP contribution in [-0.2, 0) is 0 Å². The van der Waals surface area contributed by atoms with Gasteiger partial charge in [0.15, 0.2) is 0 Å². The van der Waals surface area contributed by atoms with Gasteiger partial charge in [-0.1, -0.05) is 0 Å². The Morgan fingerprint density at radius 1 is 1.71 bits per heavy atom. The minimum Gasteiger partial charge on any atom is -0.612 e. The third-order valence-corrected chi connectivity index (χ3v) is 0.741. The normalized spacial score (nSPS) is 11.1. The predicted molar refractivity (Wildman–Crippen MR) is 32.6 cm³/mol. The quantitative estimate of drug-likeness (QED) is 0.454. The highest BCUT2D eigenvalue weighted by Crippen LogP contribution is 2.10. The summed E-state index contributed by atoms with van der Waals surface area (Å²) in [5.74, 6) is 6.58. The van der Waals surface area contributed by atoms with Crippen molar-refractivity contribution in [2.45, 2.75) is 0 Å². The molecule has 2 unspecified atom stereocenters. The summed E-state index contributed by atoms with van der Waals surface area (Å²) in [6, 6.07) is 0. The van der Waals surface area contributed by atoms with E-state index in [1.165, 1.54) is 0 Å². The van der Waals surface area contributed by atoms with Gasteiger partial charge in [-0.15, -0.1) is 4.94 Å². The van der Waals surface area contributed by atoms with E-state index in [9.17, 15) is 0 Å². The summed E-state index contributed by atoms with van der Waals surface area (Å²) >= 11 is 0. The van der Waals surface area contributed by atoms with Gasteiger partial charge in [0.05, 0.1) is 0 Å². The van der Waals surface area contributed by atoms with Crippen molar-refractivity contribution in [3.05, 3.63) is 11.0 Å². The molecule has 0 amide bonds. The van der Waals surface area contributed by atoms with Crippen LogP contribution < -0.4 is 0 Å². The van der Waals surface area contributed by atoms with Crippen molar-refractivity contribution >= 4 is 18.8 Å². The van der Waals surface area contributed by atoms with Crippen molar-refractivity contribution < 1.29 is 5.21 Å². The fraction of sp³-hybridized carbons (Fsp3) is 0. The van der Waals surface area contributed by atoms with Crippen molar-refractivity contribution in [1.82, 2.24) is 10.2 Å². The smallest absolute Gasteiger partial charge is 0.0203 e. The standard InChI is InChI=1S/H6N4OP2/c1-3(2-6)4(5)7/h1,5H,6-7H2/q-2. The van der Waals surface area contributed by atoms with Crippen molar-refractivity contribution in [3.8, 4) is 0 Å². The van der Waals surface area contributed by atoms with Crippen LogP contribution in [0.25, 0.3) is 11.0 Å². The Bertz CT molecular complexity index is 47.0. The molecular formula is H6N4OP2-2. The molecule has 0 saturated carbocycles. The first-order valence-corrected chi connectivity index (χ1v) is 2.37. The van der Waals surface area contributed by atoms with Gasteiger partial charge in [0, 0.05) is 0 Å². The largest absolute Gasteiger partial charge is 0.612 e. The molecule has 0 aromatic rings. The van der Waals surface area contributed by atoms with Crippen LogP contribution in [0.4, 0.5) is 0 Å². The maximum absolute atomic E-state index is 8.25. The molecule has 44 valence electrons. The lowest BCUT2D eigenvalue weighted by Gasteiger charge is -2.42. The van der Waals surface area contributed by atoms with Crippen molar-refractivity contribution in [3.63, 3.8) is 0 Å². The first kappa shape index (κ1) is 7.66. The summed E-state index contributed by atoms with van der Waals surface area (Å²) in [5, 5.41) is 11.9. The predicted octanol–water partition coefficient (Wildman–Crippen LogP) is 0.731. The van der Waals surface area contributed by atoms with E-state index in [0.29, 0.717) is 10.2 Å². The van der Waals surface area contributed by atoms with Gasteiger partial charge in [0.2, 0.25) is 0 Å². The summed E-state index contributed by atoms with van der Waals surface area (Å²) in [6.07, 6.45) is 0. The molecule has 0 rings (SSSR count). The number of hydrazine groups is 1. The number of hydrogen-bond acceptors (Lipinski definition) is 3. The van der Waals surface area contributed by atoms with Crippen LogP contribution in [0.1, 0.15) is 0 Å². The summed E-state index contributed by atoms with van der Waals surface area (Å²) in [7, 11) is 3.75. The molecule has 0 aliphatic heterocycles. The Balaban J connectivity index is 3.14. The number of rotatable bonds is 2. The molecule has 7 heteroatoms. The van der Waals surface area contributed by atoms with E-state index in [1.807, 2.05) is 18.8 Å². The molecule has 0 fully saturated rings. The average molecular weight is 140 g/mol. The molecule has 0 aliphatic rings. The minimum absolute atomic E-state index is 0.451. The summed E-state index contributed by atoms with van der Waals surface area (Å²) in [5.41, 5.74) is 0. The van der Waals surface area contributed by atoms with E-state index in [1.54, 1.807) is 0 Å².